The van der Waals surface area contributed by atoms with Crippen LogP contribution < -0.4 is 4.72 Å². The van der Waals surface area contributed by atoms with Gasteiger partial charge in [-0.25, -0.2) is 8.42 Å². The zero-order valence-electron chi connectivity index (χ0n) is 18.4. The number of aromatic hydroxyl groups is 1. The number of phenolic OH excluding ortho intramolecular Hbond substituents is 1. The van der Waals surface area contributed by atoms with Crippen LogP contribution in [0.4, 0.5) is 5.69 Å². The van der Waals surface area contributed by atoms with Crippen LogP contribution in [0.3, 0.4) is 0 Å². The Bertz CT molecular complexity index is 1610. The SMILES string of the molecule is CCc1ccc(S(=O)(=O)Nc2cc(Sc3cccc4cccnc34)c(O)c3ccccc23)cc1. The summed E-state index contributed by atoms with van der Waals surface area (Å²) in [5.74, 6) is 0.101. The fraction of sp³-hybridized carbons (Fsp3) is 0.0741. The molecule has 5 aromatic rings. The van der Waals surface area contributed by atoms with Gasteiger partial charge in [0.25, 0.3) is 10.0 Å². The quantitative estimate of drug-likeness (QED) is 0.264. The summed E-state index contributed by atoms with van der Waals surface area (Å²) in [6.07, 6.45) is 2.57. The van der Waals surface area contributed by atoms with E-state index in [1.807, 2.05) is 61.5 Å². The number of nitrogens with zero attached hydrogens (tertiary/aromatic N) is 1. The summed E-state index contributed by atoms with van der Waals surface area (Å²) < 4.78 is 29.1. The van der Waals surface area contributed by atoms with Crippen LogP contribution in [0.5, 0.6) is 5.75 Å². The van der Waals surface area contributed by atoms with Gasteiger partial charge in [-0.2, -0.15) is 0 Å². The number of sulfonamides is 1. The maximum atomic E-state index is 13.2. The van der Waals surface area contributed by atoms with E-state index < -0.39 is 10.0 Å². The number of pyridine rings is 1. The molecule has 170 valence electrons. The Labute approximate surface area is 202 Å². The van der Waals surface area contributed by atoms with Gasteiger partial charge < -0.3 is 5.11 Å². The first-order valence-electron chi connectivity index (χ1n) is 10.8. The van der Waals surface area contributed by atoms with Crippen molar-refractivity contribution < 1.29 is 13.5 Å². The zero-order valence-corrected chi connectivity index (χ0v) is 20.0. The van der Waals surface area contributed by atoms with E-state index in [1.165, 1.54) is 11.8 Å². The highest BCUT2D eigenvalue weighted by atomic mass is 32.2. The number of benzene rings is 4. The summed E-state index contributed by atoms with van der Waals surface area (Å²) in [5, 5.41) is 13.2. The third-order valence-corrected chi connectivity index (χ3v) is 8.14. The lowest BCUT2D eigenvalue weighted by Gasteiger charge is -2.15. The van der Waals surface area contributed by atoms with E-state index in [0.29, 0.717) is 21.4 Å². The normalized spacial score (nSPS) is 11.7. The van der Waals surface area contributed by atoms with Crippen molar-refractivity contribution in [3.05, 3.63) is 96.7 Å². The van der Waals surface area contributed by atoms with Crippen LogP contribution in [-0.4, -0.2) is 18.5 Å². The number of hydrogen-bond acceptors (Lipinski definition) is 5. The molecule has 0 saturated carbocycles. The van der Waals surface area contributed by atoms with Crippen molar-refractivity contribution >= 4 is 49.1 Å². The first-order valence-corrected chi connectivity index (χ1v) is 13.1. The van der Waals surface area contributed by atoms with E-state index in [4.69, 9.17) is 0 Å². The number of para-hydroxylation sites is 1. The van der Waals surface area contributed by atoms with Gasteiger partial charge in [0, 0.05) is 27.3 Å². The molecule has 0 unspecified atom stereocenters. The van der Waals surface area contributed by atoms with Crippen LogP contribution in [0.1, 0.15) is 12.5 Å². The number of hydrogen-bond donors (Lipinski definition) is 2. The minimum absolute atomic E-state index is 0.101. The number of phenols is 1. The molecule has 5 rings (SSSR count). The second kappa shape index (κ2) is 9.00. The van der Waals surface area contributed by atoms with Gasteiger partial charge in [-0.15, -0.1) is 0 Å². The topological polar surface area (TPSA) is 79.3 Å². The Morgan fingerprint density at radius 1 is 0.882 bits per heavy atom. The summed E-state index contributed by atoms with van der Waals surface area (Å²) in [5.41, 5.74) is 2.29. The third-order valence-electron chi connectivity index (χ3n) is 5.68. The summed E-state index contributed by atoms with van der Waals surface area (Å²) in [6, 6.07) is 25.5. The van der Waals surface area contributed by atoms with Crippen molar-refractivity contribution in [3.8, 4) is 5.75 Å². The van der Waals surface area contributed by atoms with Gasteiger partial charge in [0.2, 0.25) is 0 Å². The smallest absolute Gasteiger partial charge is 0.261 e. The highest BCUT2D eigenvalue weighted by Crippen LogP contribution is 2.44. The number of aromatic nitrogens is 1. The molecule has 2 N–H and O–H groups in total. The lowest BCUT2D eigenvalue weighted by Crippen LogP contribution is -2.13. The predicted octanol–water partition coefficient (Wildman–Crippen LogP) is 6.61. The molecule has 7 heteroatoms. The van der Waals surface area contributed by atoms with E-state index in [1.54, 1.807) is 36.5 Å². The van der Waals surface area contributed by atoms with Gasteiger partial charge in [-0.05, 0) is 42.3 Å². The van der Waals surface area contributed by atoms with Crippen molar-refractivity contribution in [1.29, 1.82) is 0 Å². The molecule has 0 bridgehead atoms. The molecule has 5 nitrogen and oxygen atoms in total. The highest BCUT2D eigenvalue weighted by Gasteiger charge is 2.19. The average Bonchev–Trinajstić information content (AvgIpc) is 2.87. The van der Waals surface area contributed by atoms with Crippen LogP contribution in [0.2, 0.25) is 0 Å². The Morgan fingerprint density at radius 2 is 1.62 bits per heavy atom. The molecule has 0 radical (unpaired) electrons. The molecule has 0 atom stereocenters. The molecule has 4 aromatic carbocycles. The third kappa shape index (κ3) is 4.20. The van der Waals surface area contributed by atoms with Gasteiger partial charge in [0.05, 0.1) is 21.0 Å². The van der Waals surface area contributed by atoms with Crippen LogP contribution in [-0.2, 0) is 16.4 Å². The van der Waals surface area contributed by atoms with Gasteiger partial charge in [0.1, 0.15) is 5.75 Å². The number of fused-ring (bicyclic) bond motifs is 2. The molecule has 0 spiro atoms. The fourth-order valence-electron chi connectivity index (χ4n) is 3.88. The van der Waals surface area contributed by atoms with E-state index >= 15 is 0 Å². The van der Waals surface area contributed by atoms with Crippen molar-refractivity contribution in [3.63, 3.8) is 0 Å². The lowest BCUT2D eigenvalue weighted by atomic mass is 10.1. The number of rotatable bonds is 6. The van der Waals surface area contributed by atoms with E-state index in [2.05, 4.69) is 9.71 Å². The molecule has 0 aliphatic carbocycles. The molecule has 0 saturated heterocycles. The van der Waals surface area contributed by atoms with Crippen LogP contribution >= 0.6 is 11.8 Å². The Morgan fingerprint density at radius 3 is 2.38 bits per heavy atom. The van der Waals surface area contributed by atoms with Crippen molar-refractivity contribution in [2.45, 2.75) is 28.0 Å². The monoisotopic (exact) mass is 486 g/mol. The summed E-state index contributed by atoms with van der Waals surface area (Å²) >= 11 is 1.35. The van der Waals surface area contributed by atoms with Crippen molar-refractivity contribution in [2.75, 3.05) is 4.72 Å². The number of anilines is 1. The minimum Gasteiger partial charge on any atom is -0.506 e. The summed E-state index contributed by atoms with van der Waals surface area (Å²) in [6.45, 7) is 2.02. The molecule has 0 aliphatic heterocycles. The van der Waals surface area contributed by atoms with Gasteiger partial charge >= 0.3 is 0 Å². The second-order valence-electron chi connectivity index (χ2n) is 7.85. The molecule has 34 heavy (non-hydrogen) atoms. The number of nitrogens with one attached hydrogen (secondary N) is 1. The molecule has 0 amide bonds. The first-order chi connectivity index (χ1) is 16.5. The minimum atomic E-state index is -3.82. The van der Waals surface area contributed by atoms with Crippen LogP contribution in [0.25, 0.3) is 21.7 Å². The van der Waals surface area contributed by atoms with Gasteiger partial charge in [0.15, 0.2) is 0 Å². The predicted molar refractivity (Wildman–Crippen MR) is 138 cm³/mol. The van der Waals surface area contributed by atoms with Crippen molar-refractivity contribution in [1.82, 2.24) is 4.98 Å². The Hall–Kier alpha value is -3.55. The Kier molecular flexibility index (Phi) is 5.89. The largest absolute Gasteiger partial charge is 0.506 e. The highest BCUT2D eigenvalue weighted by molar-refractivity contribution is 7.99. The van der Waals surface area contributed by atoms with Gasteiger partial charge in [-0.1, -0.05) is 73.3 Å². The molecule has 1 aromatic heterocycles. The molecular formula is C27H22N2O3S2. The average molecular weight is 487 g/mol. The molecule has 0 fully saturated rings. The lowest BCUT2D eigenvalue weighted by molar-refractivity contribution is 0.469. The zero-order chi connectivity index (χ0) is 23.7. The van der Waals surface area contributed by atoms with Crippen LogP contribution in [0.15, 0.2) is 106 Å². The van der Waals surface area contributed by atoms with Crippen LogP contribution in [0, 0.1) is 0 Å². The maximum Gasteiger partial charge on any atom is 0.261 e. The summed E-state index contributed by atoms with van der Waals surface area (Å²) in [7, 11) is -3.82. The molecular weight excluding hydrogens is 464 g/mol. The second-order valence-corrected chi connectivity index (χ2v) is 10.6. The van der Waals surface area contributed by atoms with E-state index in [0.717, 1.165) is 27.8 Å². The number of aryl methyl sites for hydroxylation is 1. The summed E-state index contributed by atoms with van der Waals surface area (Å²) in [4.78, 5) is 6.09. The van der Waals surface area contributed by atoms with Crippen molar-refractivity contribution in [2.24, 2.45) is 0 Å². The standard InChI is InChI=1S/C27H22N2O3S2/c1-2-18-12-14-20(15-13-18)34(31,32)29-23-17-25(27(30)22-10-4-3-9-21(22)23)33-24-11-5-7-19-8-6-16-28-26(19)24/h3-17,29-30H,2H2,1H3. The van der Waals surface area contributed by atoms with Gasteiger partial charge in [-0.3, -0.25) is 9.71 Å². The van der Waals surface area contributed by atoms with E-state index in [9.17, 15) is 13.5 Å². The first kappa shape index (κ1) is 22.3. The fourth-order valence-corrected chi connectivity index (χ4v) is 5.99. The molecule has 1 heterocycles. The molecule has 0 aliphatic rings. The Balaban J connectivity index is 1.60. The maximum absolute atomic E-state index is 13.2. The van der Waals surface area contributed by atoms with E-state index in [-0.39, 0.29) is 10.6 Å².